The maximum atomic E-state index is 11.8. The Hall–Kier alpha value is -1.75. The van der Waals surface area contributed by atoms with Crippen LogP contribution in [0.2, 0.25) is 0 Å². The molecule has 22 heavy (non-hydrogen) atoms. The lowest BCUT2D eigenvalue weighted by Gasteiger charge is -2.18. The van der Waals surface area contributed by atoms with E-state index < -0.39 is 0 Å². The summed E-state index contributed by atoms with van der Waals surface area (Å²) in [4.78, 5) is 11.8. The molecule has 0 saturated carbocycles. The first-order valence-corrected chi connectivity index (χ1v) is 7.88. The second-order valence-corrected chi connectivity index (χ2v) is 6.42. The fraction of sp³-hybridized carbons (Fsp3) is 0.588. The molecule has 1 aromatic rings. The Labute approximate surface area is 130 Å². The summed E-state index contributed by atoms with van der Waals surface area (Å²) in [6, 6.07) is 5.95. The molecule has 0 aliphatic carbocycles. The molecule has 1 amide bonds. The van der Waals surface area contributed by atoms with Crippen molar-refractivity contribution in [2.24, 2.45) is 0 Å². The molecule has 1 saturated heterocycles. The Morgan fingerprint density at radius 3 is 3.09 bits per heavy atom. The Kier molecular flexibility index (Phi) is 4.25. The van der Waals surface area contributed by atoms with Crippen LogP contribution in [-0.4, -0.2) is 37.4 Å². The largest absolute Gasteiger partial charge is 0.488 e. The van der Waals surface area contributed by atoms with Gasteiger partial charge in [-0.05, 0) is 32.8 Å². The number of para-hydroxylation sites is 1. The summed E-state index contributed by atoms with van der Waals surface area (Å²) in [6.07, 6.45) is 2.36. The van der Waals surface area contributed by atoms with Gasteiger partial charge >= 0.3 is 0 Å². The Balaban J connectivity index is 1.49. The monoisotopic (exact) mass is 305 g/mol. The van der Waals surface area contributed by atoms with Crippen LogP contribution in [0.25, 0.3) is 0 Å². The summed E-state index contributed by atoms with van der Waals surface area (Å²) in [6.45, 7) is 5.69. The summed E-state index contributed by atoms with van der Waals surface area (Å²) in [5.41, 5.74) is 0.987. The number of fused-ring (bicyclic) bond motifs is 1. The fourth-order valence-electron chi connectivity index (χ4n) is 2.93. The van der Waals surface area contributed by atoms with Gasteiger partial charge in [0.05, 0.1) is 6.54 Å². The van der Waals surface area contributed by atoms with E-state index in [1.807, 2.05) is 12.1 Å². The van der Waals surface area contributed by atoms with E-state index in [2.05, 4.69) is 25.2 Å². The van der Waals surface area contributed by atoms with Gasteiger partial charge in [0.1, 0.15) is 18.3 Å². The molecule has 1 fully saturated rings. The van der Waals surface area contributed by atoms with Crippen LogP contribution in [-0.2, 0) is 16.0 Å². The van der Waals surface area contributed by atoms with Gasteiger partial charge in [-0.1, -0.05) is 12.1 Å². The highest BCUT2D eigenvalue weighted by Crippen LogP contribution is 2.41. The van der Waals surface area contributed by atoms with E-state index in [9.17, 15) is 4.79 Å². The third kappa shape index (κ3) is 3.35. The second kappa shape index (κ2) is 6.16. The molecular weight excluding hydrogens is 282 g/mol. The van der Waals surface area contributed by atoms with Crippen LogP contribution in [0.15, 0.2) is 18.2 Å². The van der Waals surface area contributed by atoms with Gasteiger partial charge in [-0.15, -0.1) is 0 Å². The fourth-order valence-corrected chi connectivity index (χ4v) is 2.93. The van der Waals surface area contributed by atoms with E-state index in [0.717, 1.165) is 30.8 Å². The molecule has 2 aliphatic heterocycles. The predicted molar refractivity (Wildman–Crippen MR) is 82.3 cm³/mol. The molecule has 1 atom stereocenters. The lowest BCUT2D eigenvalue weighted by molar-refractivity contribution is -0.130. The standard InChI is InChI=1S/C17H23NO4/c1-17(2)11-12-5-3-6-13(15(12)22-17)21-10-8-18-16(19)14-7-4-9-20-14/h3,5-6,14H,4,7-11H2,1-2H3,(H,18,19)/t14-/m1/s1. The van der Waals surface area contributed by atoms with Crippen LogP contribution in [0.4, 0.5) is 0 Å². The molecule has 5 nitrogen and oxygen atoms in total. The van der Waals surface area contributed by atoms with Crippen molar-refractivity contribution < 1.29 is 19.0 Å². The SMILES string of the molecule is CC1(C)Cc2cccc(OCCNC(=O)[C@H]3CCCO3)c2O1. The molecule has 1 aromatic carbocycles. The molecular formula is C17H23NO4. The number of ether oxygens (including phenoxy) is 3. The average Bonchev–Trinajstić information content (AvgIpc) is 3.09. The number of rotatable bonds is 5. The normalized spacial score (nSPS) is 22.0. The molecule has 0 unspecified atom stereocenters. The number of carbonyl (C=O) groups is 1. The van der Waals surface area contributed by atoms with Gasteiger partial charge in [0.25, 0.3) is 0 Å². The quantitative estimate of drug-likeness (QED) is 0.846. The minimum atomic E-state index is -0.287. The maximum absolute atomic E-state index is 11.8. The molecule has 0 spiro atoms. The van der Waals surface area contributed by atoms with Crippen molar-refractivity contribution in [3.63, 3.8) is 0 Å². The van der Waals surface area contributed by atoms with Crippen LogP contribution < -0.4 is 14.8 Å². The molecule has 0 radical (unpaired) electrons. The van der Waals surface area contributed by atoms with Crippen molar-refractivity contribution >= 4 is 5.91 Å². The van der Waals surface area contributed by atoms with Crippen LogP contribution in [0.5, 0.6) is 11.5 Å². The van der Waals surface area contributed by atoms with Gasteiger partial charge in [0.2, 0.25) is 5.91 Å². The number of nitrogens with one attached hydrogen (secondary N) is 1. The second-order valence-electron chi connectivity index (χ2n) is 6.42. The van der Waals surface area contributed by atoms with E-state index in [-0.39, 0.29) is 17.6 Å². The average molecular weight is 305 g/mol. The molecule has 2 heterocycles. The zero-order chi connectivity index (χ0) is 15.6. The number of hydrogen-bond donors (Lipinski definition) is 1. The van der Waals surface area contributed by atoms with E-state index in [0.29, 0.717) is 19.8 Å². The van der Waals surface area contributed by atoms with Gasteiger partial charge < -0.3 is 19.5 Å². The van der Waals surface area contributed by atoms with Crippen LogP contribution >= 0.6 is 0 Å². The summed E-state index contributed by atoms with van der Waals surface area (Å²) < 4.78 is 17.1. The highest BCUT2D eigenvalue weighted by atomic mass is 16.5. The predicted octanol–water partition coefficient (Wildman–Crippen LogP) is 2.07. The third-order valence-corrected chi connectivity index (χ3v) is 3.94. The van der Waals surface area contributed by atoms with Crippen LogP contribution in [0.3, 0.4) is 0 Å². The first kappa shape index (κ1) is 15.2. The van der Waals surface area contributed by atoms with E-state index in [4.69, 9.17) is 14.2 Å². The van der Waals surface area contributed by atoms with Crippen molar-refractivity contribution in [1.29, 1.82) is 0 Å². The van der Waals surface area contributed by atoms with Crippen molar-refractivity contribution in [2.75, 3.05) is 19.8 Å². The molecule has 0 aromatic heterocycles. The Morgan fingerprint density at radius 2 is 2.32 bits per heavy atom. The molecule has 2 aliphatic rings. The zero-order valence-corrected chi connectivity index (χ0v) is 13.2. The van der Waals surface area contributed by atoms with Gasteiger partial charge in [-0.25, -0.2) is 0 Å². The minimum absolute atomic E-state index is 0.0447. The Morgan fingerprint density at radius 1 is 1.45 bits per heavy atom. The van der Waals surface area contributed by atoms with Gasteiger partial charge in [0, 0.05) is 18.6 Å². The molecule has 3 rings (SSSR count). The van der Waals surface area contributed by atoms with Crippen molar-refractivity contribution in [1.82, 2.24) is 5.32 Å². The summed E-state index contributed by atoms with van der Waals surface area (Å²) in [7, 11) is 0. The smallest absolute Gasteiger partial charge is 0.249 e. The highest BCUT2D eigenvalue weighted by Gasteiger charge is 2.32. The van der Waals surface area contributed by atoms with E-state index >= 15 is 0 Å². The van der Waals surface area contributed by atoms with Crippen molar-refractivity contribution in [2.45, 2.75) is 44.8 Å². The maximum Gasteiger partial charge on any atom is 0.249 e. The first-order chi connectivity index (χ1) is 10.6. The van der Waals surface area contributed by atoms with Crippen molar-refractivity contribution in [3.05, 3.63) is 23.8 Å². The molecule has 120 valence electrons. The number of benzene rings is 1. The van der Waals surface area contributed by atoms with E-state index in [1.54, 1.807) is 0 Å². The minimum Gasteiger partial charge on any atom is -0.488 e. The molecule has 0 bridgehead atoms. The lowest BCUT2D eigenvalue weighted by Crippen LogP contribution is -2.36. The Bertz CT molecular complexity index is 550. The number of carbonyl (C=O) groups excluding carboxylic acids is 1. The van der Waals surface area contributed by atoms with Crippen LogP contribution in [0, 0.1) is 0 Å². The summed E-state index contributed by atoms with van der Waals surface area (Å²) in [5, 5.41) is 2.85. The van der Waals surface area contributed by atoms with Gasteiger partial charge in [-0.2, -0.15) is 0 Å². The van der Waals surface area contributed by atoms with Crippen LogP contribution in [0.1, 0.15) is 32.3 Å². The van der Waals surface area contributed by atoms with Gasteiger partial charge in [-0.3, -0.25) is 4.79 Å². The van der Waals surface area contributed by atoms with Gasteiger partial charge in [0.15, 0.2) is 11.5 Å². The topological polar surface area (TPSA) is 56.8 Å². The highest BCUT2D eigenvalue weighted by molar-refractivity contribution is 5.80. The first-order valence-electron chi connectivity index (χ1n) is 7.88. The third-order valence-electron chi connectivity index (χ3n) is 3.94. The lowest BCUT2D eigenvalue weighted by atomic mass is 10.0. The summed E-state index contributed by atoms with van der Waals surface area (Å²) >= 11 is 0. The molecule has 1 N–H and O–H groups in total. The molecule has 5 heteroatoms. The number of hydrogen-bond acceptors (Lipinski definition) is 4. The number of amides is 1. The summed E-state index contributed by atoms with van der Waals surface area (Å²) in [5.74, 6) is 1.53. The van der Waals surface area contributed by atoms with E-state index in [1.165, 1.54) is 5.56 Å². The zero-order valence-electron chi connectivity index (χ0n) is 13.2. The van der Waals surface area contributed by atoms with Crippen molar-refractivity contribution in [3.8, 4) is 11.5 Å².